The Labute approximate surface area is 123 Å². The minimum Gasteiger partial charge on any atom is -0.507 e. The smallest absolute Gasteiger partial charge is 0.145 e. The molecule has 2 heterocycles. The van der Waals surface area contributed by atoms with Gasteiger partial charge in [-0.3, -0.25) is 4.98 Å². The van der Waals surface area contributed by atoms with Crippen molar-refractivity contribution in [2.75, 3.05) is 5.73 Å². The molecule has 21 heavy (non-hydrogen) atoms. The van der Waals surface area contributed by atoms with Gasteiger partial charge in [0.15, 0.2) is 0 Å². The summed E-state index contributed by atoms with van der Waals surface area (Å²) >= 11 is 0. The van der Waals surface area contributed by atoms with Gasteiger partial charge in [0, 0.05) is 23.5 Å². The number of pyridine rings is 1. The lowest BCUT2D eigenvalue weighted by Gasteiger charge is -2.25. The number of aromatic hydroxyl groups is 1. The highest BCUT2D eigenvalue weighted by atomic mass is 16.3. The van der Waals surface area contributed by atoms with Gasteiger partial charge >= 0.3 is 0 Å². The fourth-order valence-electron chi connectivity index (χ4n) is 2.53. The lowest BCUT2D eigenvalue weighted by atomic mass is 10.1. The van der Waals surface area contributed by atoms with Gasteiger partial charge in [-0.05, 0) is 39.0 Å². The number of nitrogen functional groups attached to an aromatic ring is 1. The molecule has 0 unspecified atom stereocenters. The minimum atomic E-state index is -0.181. The maximum Gasteiger partial charge on any atom is 0.145 e. The van der Waals surface area contributed by atoms with Crippen LogP contribution in [0.5, 0.6) is 5.75 Å². The molecule has 0 saturated carbocycles. The molecular weight excluding hydrogens is 264 g/mol. The summed E-state index contributed by atoms with van der Waals surface area (Å²) in [4.78, 5) is 8.76. The zero-order valence-corrected chi connectivity index (χ0v) is 12.3. The molecule has 0 saturated heterocycles. The monoisotopic (exact) mass is 282 g/mol. The molecule has 0 bridgehead atoms. The molecule has 0 spiro atoms. The standard InChI is InChI=1S/C16H18N4O/c1-16(2,3)20-13-6-7-18-9-12(13)19-15(20)11-5-4-10(17)8-14(11)21/h4-9,21H,17H2,1-3H3. The molecule has 0 aliphatic heterocycles. The predicted molar refractivity (Wildman–Crippen MR) is 84.0 cm³/mol. The molecule has 0 aliphatic carbocycles. The van der Waals surface area contributed by atoms with Crippen molar-refractivity contribution in [3.63, 3.8) is 0 Å². The van der Waals surface area contributed by atoms with Crippen LogP contribution in [0.25, 0.3) is 22.4 Å². The van der Waals surface area contributed by atoms with Crippen molar-refractivity contribution in [3.05, 3.63) is 36.7 Å². The molecule has 5 heteroatoms. The lowest BCUT2D eigenvalue weighted by Crippen LogP contribution is -2.22. The van der Waals surface area contributed by atoms with Crippen molar-refractivity contribution in [2.45, 2.75) is 26.3 Å². The normalized spacial score (nSPS) is 12.0. The van der Waals surface area contributed by atoms with Crippen LogP contribution in [0.4, 0.5) is 5.69 Å². The highest BCUT2D eigenvalue weighted by molar-refractivity contribution is 5.82. The molecule has 2 aromatic heterocycles. The summed E-state index contributed by atoms with van der Waals surface area (Å²) in [6, 6.07) is 7.03. The molecule has 0 amide bonds. The number of benzene rings is 1. The second-order valence-corrected chi connectivity index (χ2v) is 6.08. The van der Waals surface area contributed by atoms with E-state index in [0.717, 1.165) is 11.0 Å². The van der Waals surface area contributed by atoms with Crippen LogP contribution in [0.2, 0.25) is 0 Å². The average molecular weight is 282 g/mol. The molecule has 5 nitrogen and oxygen atoms in total. The highest BCUT2D eigenvalue weighted by Gasteiger charge is 2.23. The van der Waals surface area contributed by atoms with Gasteiger partial charge in [0.05, 0.1) is 17.3 Å². The zero-order chi connectivity index (χ0) is 15.2. The van der Waals surface area contributed by atoms with Crippen LogP contribution in [0.3, 0.4) is 0 Å². The summed E-state index contributed by atoms with van der Waals surface area (Å²) < 4.78 is 2.11. The summed E-state index contributed by atoms with van der Waals surface area (Å²) in [6.07, 6.45) is 3.48. The van der Waals surface area contributed by atoms with Crippen LogP contribution in [-0.4, -0.2) is 19.6 Å². The molecule has 0 atom stereocenters. The van der Waals surface area contributed by atoms with E-state index in [9.17, 15) is 5.11 Å². The topological polar surface area (TPSA) is 77.0 Å². The Balaban J connectivity index is 2.37. The van der Waals surface area contributed by atoms with Gasteiger partial charge in [-0.2, -0.15) is 0 Å². The Hall–Kier alpha value is -2.56. The molecule has 0 radical (unpaired) electrons. The largest absolute Gasteiger partial charge is 0.507 e. The third-order valence-electron chi connectivity index (χ3n) is 3.39. The average Bonchev–Trinajstić information content (AvgIpc) is 2.77. The van der Waals surface area contributed by atoms with E-state index in [4.69, 9.17) is 5.73 Å². The number of hydrogen-bond donors (Lipinski definition) is 2. The first-order chi connectivity index (χ1) is 9.88. The SMILES string of the molecule is CC(C)(C)n1c(-c2ccc(N)cc2O)nc2cnccc21. The van der Waals surface area contributed by atoms with E-state index in [0.29, 0.717) is 17.1 Å². The van der Waals surface area contributed by atoms with Crippen molar-refractivity contribution in [1.29, 1.82) is 0 Å². The lowest BCUT2D eigenvalue weighted by molar-refractivity contribution is 0.411. The zero-order valence-electron chi connectivity index (χ0n) is 12.3. The molecule has 1 aromatic carbocycles. The van der Waals surface area contributed by atoms with Crippen LogP contribution >= 0.6 is 0 Å². The number of nitrogens with two attached hydrogens (primary N) is 1. The first kappa shape index (κ1) is 13.4. The van der Waals surface area contributed by atoms with Gasteiger partial charge in [0.1, 0.15) is 17.1 Å². The number of anilines is 1. The van der Waals surface area contributed by atoms with Crippen LogP contribution in [0, 0.1) is 0 Å². The number of imidazole rings is 1. The van der Waals surface area contributed by atoms with Crippen molar-refractivity contribution in [1.82, 2.24) is 14.5 Å². The molecule has 0 fully saturated rings. The van der Waals surface area contributed by atoms with Gasteiger partial charge in [0.2, 0.25) is 0 Å². The number of hydrogen-bond acceptors (Lipinski definition) is 4. The third-order valence-corrected chi connectivity index (χ3v) is 3.39. The Kier molecular flexibility index (Phi) is 2.86. The Morgan fingerprint density at radius 3 is 2.62 bits per heavy atom. The number of rotatable bonds is 1. The molecule has 0 aliphatic rings. The number of phenols is 1. The second-order valence-electron chi connectivity index (χ2n) is 6.08. The molecule has 3 rings (SSSR count). The van der Waals surface area contributed by atoms with Gasteiger partial charge in [-0.15, -0.1) is 0 Å². The third kappa shape index (κ3) is 2.20. The van der Waals surface area contributed by atoms with Crippen molar-refractivity contribution in [3.8, 4) is 17.1 Å². The highest BCUT2D eigenvalue weighted by Crippen LogP contribution is 2.35. The van der Waals surface area contributed by atoms with Crippen LogP contribution in [-0.2, 0) is 5.54 Å². The van der Waals surface area contributed by atoms with Crippen molar-refractivity contribution in [2.24, 2.45) is 0 Å². The van der Waals surface area contributed by atoms with Crippen LogP contribution in [0.1, 0.15) is 20.8 Å². The predicted octanol–water partition coefficient (Wildman–Crippen LogP) is 3.14. The summed E-state index contributed by atoms with van der Waals surface area (Å²) in [5, 5.41) is 10.2. The Morgan fingerprint density at radius 1 is 1.19 bits per heavy atom. The summed E-state index contributed by atoms with van der Waals surface area (Å²) in [5.41, 5.74) is 8.51. The van der Waals surface area contributed by atoms with E-state index >= 15 is 0 Å². The first-order valence-corrected chi connectivity index (χ1v) is 6.80. The molecule has 108 valence electrons. The minimum absolute atomic E-state index is 0.128. The maximum atomic E-state index is 10.2. The van der Waals surface area contributed by atoms with Crippen molar-refractivity contribution >= 4 is 16.7 Å². The summed E-state index contributed by atoms with van der Waals surface area (Å²) in [5.74, 6) is 0.840. The van der Waals surface area contributed by atoms with Gasteiger partial charge in [0.25, 0.3) is 0 Å². The van der Waals surface area contributed by atoms with Crippen LogP contribution in [0.15, 0.2) is 36.7 Å². The Bertz CT molecular complexity index is 815. The first-order valence-electron chi connectivity index (χ1n) is 6.80. The number of nitrogens with zero attached hydrogens (tertiary/aromatic N) is 3. The fraction of sp³-hybridized carbons (Fsp3) is 0.250. The number of aromatic nitrogens is 3. The van der Waals surface area contributed by atoms with Gasteiger partial charge in [-0.1, -0.05) is 0 Å². The fourth-order valence-corrected chi connectivity index (χ4v) is 2.53. The van der Waals surface area contributed by atoms with E-state index < -0.39 is 0 Å². The second kappa shape index (κ2) is 4.48. The van der Waals surface area contributed by atoms with E-state index in [2.05, 4.69) is 35.3 Å². The number of phenolic OH excluding ortho intramolecular Hbond substituents is 1. The maximum absolute atomic E-state index is 10.2. The summed E-state index contributed by atoms with van der Waals surface area (Å²) in [7, 11) is 0. The van der Waals surface area contributed by atoms with Gasteiger partial charge in [-0.25, -0.2) is 4.98 Å². The van der Waals surface area contributed by atoms with Crippen molar-refractivity contribution < 1.29 is 5.11 Å². The molecule has 3 aromatic rings. The van der Waals surface area contributed by atoms with E-state index in [1.807, 2.05) is 6.07 Å². The van der Waals surface area contributed by atoms with Crippen LogP contribution < -0.4 is 5.73 Å². The quantitative estimate of drug-likeness (QED) is 0.672. The van der Waals surface area contributed by atoms with Gasteiger partial charge < -0.3 is 15.4 Å². The summed E-state index contributed by atoms with van der Waals surface area (Å²) in [6.45, 7) is 6.31. The molecule has 3 N–H and O–H groups in total. The number of fused-ring (bicyclic) bond motifs is 1. The van der Waals surface area contributed by atoms with E-state index in [1.54, 1.807) is 30.6 Å². The van der Waals surface area contributed by atoms with E-state index in [1.165, 1.54) is 0 Å². The molecular formula is C16H18N4O. The van der Waals surface area contributed by atoms with E-state index in [-0.39, 0.29) is 11.3 Å². The Morgan fingerprint density at radius 2 is 1.95 bits per heavy atom.